The lowest BCUT2D eigenvalue weighted by Gasteiger charge is -2.29. The summed E-state index contributed by atoms with van der Waals surface area (Å²) in [7, 11) is 0. The van der Waals surface area contributed by atoms with Gasteiger partial charge in [-0.05, 0) is 75.6 Å². The van der Waals surface area contributed by atoms with Crippen LogP contribution in [0.15, 0.2) is 35.4 Å². The quantitative estimate of drug-likeness (QED) is 0.0742. The van der Waals surface area contributed by atoms with E-state index < -0.39 is 0 Å². The topological polar surface area (TPSA) is 40.6 Å². The molecule has 0 saturated heterocycles. The van der Waals surface area contributed by atoms with Crippen molar-refractivity contribution in [3.63, 3.8) is 0 Å². The predicted octanol–water partition coefficient (Wildman–Crippen LogP) is 14.9. The largest absolute Gasteiger partial charge is 0.306 e. The number of aryl methyl sites for hydroxylation is 2. The number of thiophene rings is 2. The molecule has 0 radical (unpaired) electrons. The van der Waals surface area contributed by atoms with Gasteiger partial charge in [0.1, 0.15) is 0 Å². The maximum Gasteiger partial charge on any atom is 0.261 e. The highest BCUT2D eigenvalue weighted by Crippen LogP contribution is 2.49. The molecular formula is C48H76N2O2S2. The van der Waals surface area contributed by atoms with Crippen LogP contribution in [0.5, 0.6) is 0 Å². The molecule has 0 aromatic carbocycles. The van der Waals surface area contributed by atoms with Gasteiger partial charge in [-0.3, -0.25) is 9.59 Å². The molecule has 302 valence electrons. The molecule has 2 aliphatic rings. The average molecular weight is 777 g/mol. The van der Waals surface area contributed by atoms with E-state index in [-0.39, 0.29) is 11.8 Å². The van der Waals surface area contributed by atoms with Crippen LogP contribution in [0, 0.1) is 25.7 Å². The Bertz CT molecular complexity index is 1370. The molecule has 2 aromatic heterocycles. The lowest BCUT2D eigenvalue weighted by atomic mass is 9.93. The Balaban J connectivity index is 1.69. The molecule has 2 aromatic rings. The van der Waals surface area contributed by atoms with E-state index in [1.165, 1.54) is 138 Å². The Labute approximate surface area is 339 Å². The van der Waals surface area contributed by atoms with Crippen molar-refractivity contribution in [1.82, 2.24) is 9.80 Å². The Morgan fingerprint density at radius 3 is 1.04 bits per heavy atom. The van der Waals surface area contributed by atoms with Crippen molar-refractivity contribution in [2.75, 3.05) is 13.1 Å². The van der Waals surface area contributed by atoms with E-state index in [0.29, 0.717) is 36.1 Å². The molecule has 0 aliphatic carbocycles. The van der Waals surface area contributed by atoms with E-state index in [2.05, 4.69) is 75.6 Å². The van der Waals surface area contributed by atoms with Gasteiger partial charge in [-0.2, -0.15) is 0 Å². The third kappa shape index (κ3) is 12.9. The van der Waals surface area contributed by atoms with E-state index in [0.717, 1.165) is 46.8 Å². The second-order valence-electron chi connectivity index (χ2n) is 16.6. The number of carbonyl (C=O) groups is 2. The molecule has 0 N–H and O–H groups in total. The molecule has 0 fully saturated rings. The van der Waals surface area contributed by atoms with Crippen LogP contribution >= 0.6 is 22.7 Å². The fourth-order valence-electron chi connectivity index (χ4n) is 8.70. The first kappa shape index (κ1) is 44.5. The minimum Gasteiger partial charge on any atom is -0.306 e. The minimum atomic E-state index is 0.0554. The third-order valence-electron chi connectivity index (χ3n) is 11.9. The molecule has 2 amide bonds. The first-order valence-corrected chi connectivity index (χ1v) is 24.2. The van der Waals surface area contributed by atoms with E-state index in [1.807, 2.05) is 0 Å². The highest BCUT2D eigenvalue weighted by molar-refractivity contribution is 7.13. The molecule has 0 spiro atoms. The lowest BCUT2D eigenvalue weighted by molar-refractivity contribution is -0.124. The second kappa shape index (κ2) is 24.5. The van der Waals surface area contributed by atoms with Crippen molar-refractivity contribution in [3.8, 4) is 0 Å². The Hall–Kier alpha value is -2.18. The lowest BCUT2D eigenvalue weighted by Crippen LogP contribution is -2.34. The standard InChI is InChI=1S/C48H76N2O2S2/c1-7-11-15-19-21-25-29-39(27-23-17-13-9-3)35-49-45(41-33-31-37(5)53-41)43-44(47(49)51)46(42-34-32-38(6)54-42)50(48(43)52)36-40(28-24-18-14-10-4)30-26-22-20-16-12-8-2/h31-34,39-40H,7-30,35-36H2,1-6H3. The van der Waals surface area contributed by atoms with Gasteiger partial charge < -0.3 is 9.80 Å². The summed E-state index contributed by atoms with van der Waals surface area (Å²) in [4.78, 5) is 38.9. The summed E-state index contributed by atoms with van der Waals surface area (Å²) in [5.74, 6) is 0.993. The SMILES string of the molecule is CCCCCCCCC(CCCCCC)CN1C(=O)C2=C(c3ccc(C)s3)N(CC(CCCCCC)CCCCCCCC)C(=O)C2=C1c1ccc(C)s1. The zero-order chi connectivity index (χ0) is 38.7. The van der Waals surface area contributed by atoms with E-state index in [9.17, 15) is 0 Å². The van der Waals surface area contributed by atoms with Crippen LogP contribution in [0.1, 0.15) is 201 Å². The van der Waals surface area contributed by atoms with E-state index in [1.54, 1.807) is 22.7 Å². The number of amides is 2. The van der Waals surface area contributed by atoms with Crippen molar-refractivity contribution in [2.24, 2.45) is 11.8 Å². The normalized spacial score (nSPS) is 15.7. The summed E-state index contributed by atoms with van der Waals surface area (Å²) in [6.45, 7) is 14.8. The van der Waals surface area contributed by atoms with Crippen LogP contribution < -0.4 is 0 Å². The van der Waals surface area contributed by atoms with Gasteiger partial charge in [0.2, 0.25) is 0 Å². The monoisotopic (exact) mass is 777 g/mol. The molecule has 4 nitrogen and oxygen atoms in total. The van der Waals surface area contributed by atoms with Crippen molar-refractivity contribution >= 4 is 45.9 Å². The van der Waals surface area contributed by atoms with Crippen LogP contribution in [0.2, 0.25) is 0 Å². The fraction of sp³-hybridized carbons (Fsp3) is 0.708. The Morgan fingerprint density at radius 2 is 0.741 bits per heavy atom. The van der Waals surface area contributed by atoms with Crippen LogP contribution in [-0.4, -0.2) is 34.7 Å². The smallest absolute Gasteiger partial charge is 0.261 e. The van der Waals surface area contributed by atoms with Gasteiger partial charge in [0.15, 0.2) is 0 Å². The first-order chi connectivity index (χ1) is 26.3. The highest BCUT2D eigenvalue weighted by atomic mass is 32.1. The van der Waals surface area contributed by atoms with Crippen LogP contribution in [0.4, 0.5) is 0 Å². The van der Waals surface area contributed by atoms with Crippen molar-refractivity contribution in [2.45, 2.75) is 196 Å². The maximum atomic E-state index is 15.1. The van der Waals surface area contributed by atoms with Crippen molar-refractivity contribution in [3.05, 3.63) is 54.9 Å². The Morgan fingerprint density at radius 1 is 0.444 bits per heavy atom. The van der Waals surface area contributed by atoms with Gasteiger partial charge in [0, 0.05) is 22.8 Å². The zero-order valence-corrected chi connectivity index (χ0v) is 37.0. The van der Waals surface area contributed by atoms with E-state index >= 15 is 9.59 Å². The summed E-state index contributed by atoms with van der Waals surface area (Å²) >= 11 is 3.46. The number of hydrogen-bond donors (Lipinski definition) is 0. The number of nitrogens with zero attached hydrogens (tertiary/aromatic N) is 2. The average Bonchev–Trinajstić information content (AvgIpc) is 3.92. The number of unbranched alkanes of at least 4 members (excludes halogenated alkanes) is 16. The van der Waals surface area contributed by atoms with Crippen molar-refractivity contribution < 1.29 is 9.59 Å². The number of fused-ring (bicyclic) bond motifs is 1. The number of hydrogen-bond acceptors (Lipinski definition) is 4. The van der Waals surface area contributed by atoms with Crippen LogP contribution in [-0.2, 0) is 9.59 Å². The molecule has 6 heteroatoms. The maximum absolute atomic E-state index is 15.1. The predicted molar refractivity (Wildman–Crippen MR) is 236 cm³/mol. The van der Waals surface area contributed by atoms with Gasteiger partial charge in [-0.25, -0.2) is 0 Å². The fourth-order valence-corrected chi connectivity index (χ4v) is 10.6. The van der Waals surface area contributed by atoms with Gasteiger partial charge >= 0.3 is 0 Å². The van der Waals surface area contributed by atoms with Gasteiger partial charge in [0.05, 0.1) is 32.3 Å². The van der Waals surface area contributed by atoms with Crippen LogP contribution in [0.3, 0.4) is 0 Å². The number of carbonyl (C=O) groups excluding carboxylic acids is 2. The summed E-state index contributed by atoms with van der Waals surface area (Å²) in [5.41, 5.74) is 3.14. The van der Waals surface area contributed by atoms with Crippen LogP contribution in [0.25, 0.3) is 11.4 Å². The molecule has 2 unspecified atom stereocenters. The molecule has 0 saturated carbocycles. The molecule has 4 heterocycles. The third-order valence-corrected chi connectivity index (χ3v) is 13.9. The summed E-state index contributed by atoms with van der Waals surface area (Å²) < 4.78 is 0. The van der Waals surface area contributed by atoms with Gasteiger partial charge in [0.25, 0.3) is 11.8 Å². The molecular weight excluding hydrogens is 701 g/mol. The number of rotatable bonds is 30. The molecule has 2 atom stereocenters. The summed E-state index contributed by atoms with van der Waals surface area (Å²) in [5, 5.41) is 0. The molecule has 4 rings (SSSR count). The van der Waals surface area contributed by atoms with Crippen molar-refractivity contribution in [1.29, 1.82) is 0 Å². The molecule has 2 aliphatic heterocycles. The first-order valence-electron chi connectivity index (χ1n) is 22.6. The molecule has 0 bridgehead atoms. The zero-order valence-electron chi connectivity index (χ0n) is 35.4. The Kier molecular flexibility index (Phi) is 20.2. The summed E-state index contributed by atoms with van der Waals surface area (Å²) in [6.07, 6.45) is 30.0. The van der Waals surface area contributed by atoms with Gasteiger partial charge in [-0.1, -0.05) is 156 Å². The molecule has 54 heavy (non-hydrogen) atoms. The minimum absolute atomic E-state index is 0.0554. The second-order valence-corrected chi connectivity index (χ2v) is 19.2. The summed E-state index contributed by atoms with van der Waals surface area (Å²) in [6, 6.07) is 8.64. The van der Waals surface area contributed by atoms with E-state index in [4.69, 9.17) is 0 Å². The highest BCUT2D eigenvalue weighted by Gasteiger charge is 2.50. The van der Waals surface area contributed by atoms with Gasteiger partial charge in [-0.15, -0.1) is 22.7 Å².